The van der Waals surface area contributed by atoms with Crippen molar-refractivity contribution >= 4 is 17.9 Å². The van der Waals surface area contributed by atoms with Gasteiger partial charge in [0.25, 0.3) is 0 Å². The molecule has 0 fully saturated rings. The molecule has 0 aliphatic rings. The molecule has 0 aliphatic carbocycles. The van der Waals surface area contributed by atoms with E-state index in [0.29, 0.717) is 19.3 Å². The number of hydrogen-bond donors (Lipinski definition) is 0. The Balaban J connectivity index is 4.32. The standard InChI is InChI=1S/C55H96O6/c1-4-7-10-13-16-19-21-23-25-26-27-28-30-31-33-36-39-42-45-48-54(57)60-51-52(50-59-53(56)47-44-41-38-35-18-15-12-9-6-3)61-55(58)49-46-43-40-37-34-32-29-24-22-20-17-14-11-8-5-2/h9,12,16,18-23,35,52H,4-8,10-11,13-15,17,24-34,36-51H2,1-3H3/b12-9-,19-16-,22-20-,23-21-,35-18-. The smallest absolute Gasteiger partial charge is 0.306 e. The van der Waals surface area contributed by atoms with Crippen LogP contribution < -0.4 is 0 Å². The zero-order chi connectivity index (χ0) is 44.4. The highest BCUT2D eigenvalue weighted by Crippen LogP contribution is 2.15. The van der Waals surface area contributed by atoms with Gasteiger partial charge >= 0.3 is 17.9 Å². The van der Waals surface area contributed by atoms with Crippen LogP contribution in [0, 0.1) is 0 Å². The van der Waals surface area contributed by atoms with Crippen LogP contribution in [0.25, 0.3) is 0 Å². The van der Waals surface area contributed by atoms with Gasteiger partial charge in [0.05, 0.1) is 0 Å². The first-order valence-corrected chi connectivity index (χ1v) is 25.8. The predicted octanol–water partition coefficient (Wildman–Crippen LogP) is 16.9. The van der Waals surface area contributed by atoms with E-state index in [1.807, 2.05) is 0 Å². The molecule has 352 valence electrons. The normalized spacial score (nSPS) is 12.5. The predicted molar refractivity (Wildman–Crippen MR) is 261 cm³/mol. The Kier molecular flexibility index (Phi) is 47.4. The summed E-state index contributed by atoms with van der Waals surface area (Å²) in [5.74, 6) is -0.931. The molecule has 1 unspecified atom stereocenters. The lowest BCUT2D eigenvalue weighted by Gasteiger charge is -2.18. The van der Waals surface area contributed by atoms with E-state index in [4.69, 9.17) is 14.2 Å². The third kappa shape index (κ3) is 48.0. The van der Waals surface area contributed by atoms with Gasteiger partial charge in [-0.1, -0.05) is 197 Å². The van der Waals surface area contributed by atoms with E-state index in [9.17, 15) is 14.4 Å². The van der Waals surface area contributed by atoms with Crippen LogP contribution in [0.15, 0.2) is 60.8 Å². The number of unbranched alkanes of at least 4 members (excludes halogenated alkanes) is 26. The van der Waals surface area contributed by atoms with Crippen LogP contribution in [0.4, 0.5) is 0 Å². The molecule has 0 aromatic heterocycles. The first-order valence-electron chi connectivity index (χ1n) is 25.8. The molecular weight excluding hydrogens is 757 g/mol. The maximum absolute atomic E-state index is 12.8. The summed E-state index contributed by atoms with van der Waals surface area (Å²) in [5.41, 5.74) is 0. The topological polar surface area (TPSA) is 78.9 Å². The number of rotatable bonds is 46. The summed E-state index contributed by atoms with van der Waals surface area (Å²) in [6, 6.07) is 0. The lowest BCUT2D eigenvalue weighted by molar-refractivity contribution is -0.167. The summed E-state index contributed by atoms with van der Waals surface area (Å²) in [7, 11) is 0. The summed E-state index contributed by atoms with van der Waals surface area (Å²) in [6.07, 6.45) is 60.7. The lowest BCUT2D eigenvalue weighted by atomic mass is 10.1. The van der Waals surface area contributed by atoms with Gasteiger partial charge in [-0.25, -0.2) is 0 Å². The first kappa shape index (κ1) is 58.1. The average Bonchev–Trinajstić information content (AvgIpc) is 3.26. The minimum Gasteiger partial charge on any atom is -0.462 e. The zero-order valence-corrected chi connectivity index (χ0v) is 40.2. The van der Waals surface area contributed by atoms with Crippen LogP contribution in [-0.2, 0) is 28.6 Å². The molecule has 0 heterocycles. The van der Waals surface area contributed by atoms with Crippen molar-refractivity contribution in [1.82, 2.24) is 0 Å². The maximum Gasteiger partial charge on any atom is 0.306 e. The zero-order valence-electron chi connectivity index (χ0n) is 40.2. The minimum absolute atomic E-state index is 0.0877. The summed E-state index contributed by atoms with van der Waals surface area (Å²) >= 11 is 0. The van der Waals surface area contributed by atoms with Gasteiger partial charge in [-0.15, -0.1) is 0 Å². The number of esters is 3. The average molecular weight is 853 g/mol. The van der Waals surface area contributed by atoms with Crippen molar-refractivity contribution in [2.24, 2.45) is 0 Å². The fraction of sp³-hybridized carbons (Fsp3) is 0.764. The van der Waals surface area contributed by atoms with Crippen LogP contribution in [0.2, 0.25) is 0 Å². The highest BCUT2D eigenvalue weighted by atomic mass is 16.6. The highest BCUT2D eigenvalue weighted by molar-refractivity contribution is 5.71. The largest absolute Gasteiger partial charge is 0.462 e. The number of carbonyl (C=O) groups is 3. The van der Waals surface area contributed by atoms with E-state index < -0.39 is 6.10 Å². The van der Waals surface area contributed by atoms with Crippen molar-refractivity contribution in [1.29, 1.82) is 0 Å². The molecular formula is C55H96O6. The Morgan fingerprint density at radius 2 is 0.689 bits per heavy atom. The van der Waals surface area contributed by atoms with Gasteiger partial charge in [0.2, 0.25) is 0 Å². The maximum atomic E-state index is 12.8. The Hall–Kier alpha value is -2.89. The molecule has 61 heavy (non-hydrogen) atoms. The van der Waals surface area contributed by atoms with Gasteiger partial charge < -0.3 is 14.2 Å². The van der Waals surface area contributed by atoms with Gasteiger partial charge in [0.15, 0.2) is 6.10 Å². The van der Waals surface area contributed by atoms with Crippen molar-refractivity contribution in [3.8, 4) is 0 Å². The number of carbonyl (C=O) groups excluding carboxylic acids is 3. The molecule has 0 aromatic carbocycles. The Bertz CT molecular complexity index is 1120. The van der Waals surface area contributed by atoms with Crippen LogP contribution in [-0.4, -0.2) is 37.2 Å². The van der Waals surface area contributed by atoms with Crippen LogP contribution in [0.1, 0.15) is 252 Å². The van der Waals surface area contributed by atoms with Gasteiger partial charge in [-0.3, -0.25) is 14.4 Å². The van der Waals surface area contributed by atoms with E-state index in [0.717, 1.165) is 70.6 Å². The summed E-state index contributed by atoms with van der Waals surface area (Å²) in [5, 5.41) is 0. The Morgan fingerprint density at radius 3 is 1.16 bits per heavy atom. The fourth-order valence-corrected chi connectivity index (χ4v) is 7.11. The molecule has 0 rings (SSSR count). The molecule has 0 N–H and O–H groups in total. The quantitative estimate of drug-likeness (QED) is 0.0200. The molecule has 0 bridgehead atoms. The molecule has 6 nitrogen and oxygen atoms in total. The number of allylic oxidation sites excluding steroid dienone is 10. The van der Waals surface area contributed by atoms with Crippen molar-refractivity contribution in [2.45, 2.75) is 258 Å². The van der Waals surface area contributed by atoms with E-state index in [1.54, 1.807) is 0 Å². The van der Waals surface area contributed by atoms with Gasteiger partial charge in [-0.05, 0) is 96.3 Å². The van der Waals surface area contributed by atoms with E-state index >= 15 is 0 Å². The van der Waals surface area contributed by atoms with Crippen molar-refractivity contribution < 1.29 is 28.6 Å². The van der Waals surface area contributed by atoms with Crippen LogP contribution >= 0.6 is 0 Å². The third-order valence-corrected chi connectivity index (χ3v) is 11.0. The van der Waals surface area contributed by atoms with Gasteiger partial charge in [-0.2, -0.15) is 0 Å². The van der Waals surface area contributed by atoms with E-state index in [-0.39, 0.29) is 31.1 Å². The molecule has 0 radical (unpaired) electrons. The monoisotopic (exact) mass is 853 g/mol. The molecule has 1 atom stereocenters. The van der Waals surface area contributed by atoms with Crippen LogP contribution in [0.5, 0.6) is 0 Å². The van der Waals surface area contributed by atoms with Crippen molar-refractivity contribution in [2.75, 3.05) is 13.2 Å². The third-order valence-electron chi connectivity index (χ3n) is 11.0. The summed E-state index contributed by atoms with van der Waals surface area (Å²) in [6.45, 7) is 6.44. The summed E-state index contributed by atoms with van der Waals surface area (Å²) < 4.78 is 16.7. The molecule has 0 saturated carbocycles. The Labute approximate surface area is 377 Å². The number of ether oxygens (including phenoxy) is 3. The summed E-state index contributed by atoms with van der Waals surface area (Å²) in [4.78, 5) is 37.9. The highest BCUT2D eigenvalue weighted by Gasteiger charge is 2.19. The molecule has 6 heteroatoms. The number of hydrogen-bond acceptors (Lipinski definition) is 6. The second kappa shape index (κ2) is 49.8. The second-order valence-corrected chi connectivity index (χ2v) is 17.1. The van der Waals surface area contributed by atoms with Gasteiger partial charge in [0.1, 0.15) is 13.2 Å². The molecule has 0 spiro atoms. The van der Waals surface area contributed by atoms with Crippen molar-refractivity contribution in [3.05, 3.63) is 60.8 Å². The fourth-order valence-electron chi connectivity index (χ4n) is 7.11. The molecule has 0 saturated heterocycles. The second-order valence-electron chi connectivity index (χ2n) is 17.1. The first-order chi connectivity index (χ1) is 30.0. The van der Waals surface area contributed by atoms with E-state index in [2.05, 4.69) is 81.5 Å². The molecule has 0 aromatic rings. The van der Waals surface area contributed by atoms with Crippen LogP contribution in [0.3, 0.4) is 0 Å². The van der Waals surface area contributed by atoms with E-state index in [1.165, 1.54) is 141 Å². The molecule has 0 aliphatic heterocycles. The minimum atomic E-state index is -0.788. The lowest BCUT2D eigenvalue weighted by Crippen LogP contribution is -2.30. The van der Waals surface area contributed by atoms with Crippen molar-refractivity contribution in [3.63, 3.8) is 0 Å². The Morgan fingerprint density at radius 1 is 0.361 bits per heavy atom. The molecule has 0 amide bonds. The van der Waals surface area contributed by atoms with Gasteiger partial charge in [0, 0.05) is 19.3 Å². The SMILES string of the molecule is CC/C=C\C/C=C\CCCCC(=O)OCC(COC(=O)CCCCCCCCCCCC/C=C\C=C/CCCCC)OC(=O)CCCCCCCCC/C=C\CCCCCC.